The number of hydrogen-bond donors (Lipinski definition) is 2. The molecule has 0 saturated carbocycles. The Hall–Kier alpha value is -1.06. The van der Waals surface area contributed by atoms with Crippen LogP contribution in [0.2, 0.25) is 0 Å². The van der Waals surface area contributed by atoms with Crippen LogP contribution in [-0.2, 0) is 0 Å². The third kappa shape index (κ3) is 2.70. The maximum absolute atomic E-state index is 9.89. The molecule has 0 radical (unpaired) electrons. The summed E-state index contributed by atoms with van der Waals surface area (Å²) >= 11 is 0. The summed E-state index contributed by atoms with van der Waals surface area (Å²) in [6.07, 6.45) is 1.83. The Morgan fingerprint density at radius 1 is 1.20 bits per heavy atom. The second kappa shape index (κ2) is 4.64. The molecule has 0 aliphatic carbocycles. The van der Waals surface area contributed by atoms with Gasteiger partial charge in [-0.25, -0.2) is 0 Å². The van der Waals surface area contributed by atoms with Gasteiger partial charge in [-0.15, -0.1) is 0 Å². The van der Waals surface area contributed by atoms with Crippen LogP contribution in [0.15, 0.2) is 24.3 Å². The lowest BCUT2D eigenvalue weighted by atomic mass is 10.2. The Labute approximate surface area is 90.7 Å². The molecule has 1 unspecified atom stereocenters. The van der Waals surface area contributed by atoms with Gasteiger partial charge in [0.05, 0.1) is 0 Å². The van der Waals surface area contributed by atoms with Crippen molar-refractivity contribution in [2.24, 2.45) is 0 Å². The predicted molar refractivity (Wildman–Crippen MR) is 61.6 cm³/mol. The Morgan fingerprint density at radius 3 is 2.40 bits per heavy atom. The minimum Gasteiger partial charge on any atom is -0.361 e. The van der Waals surface area contributed by atoms with Crippen LogP contribution < -0.4 is 5.32 Å². The van der Waals surface area contributed by atoms with Crippen molar-refractivity contribution in [1.82, 2.24) is 4.90 Å². The SMILES string of the molecule is Cc1ccc(NC(O)N2CCCC2)cc1. The Kier molecular flexibility index (Phi) is 3.23. The zero-order chi connectivity index (χ0) is 10.7. The lowest BCUT2D eigenvalue weighted by Gasteiger charge is -2.23. The second-order valence-electron chi connectivity index (χ2n) is 4.13. The van der Waals surface area contributed by atoms with Crippen molar-refractivity contribution >= 4 is 5.69 Å². The summed E-state index contributed by atoms with van der Waals surface area (Å²) in [5.41, 5.74) is 2.20. The predicted octanol–water partition coefficient (Wildman–Crippen LogP) is 1.78. The summed E-state index contributed by atoms with van der Waals surface area (Å²) < 4.78 is 0. The summed E-state index contributed by atoms with van der Waals surface area (Å²) in [6.45, 7) is 4.03. The average molecular weight is 206 g/mol. The molecular weight excluding hydrogens is 188 g/mol. The van der Waals surface area contributed by atoms with Crippen LogP contribution in [0, 0.1) is 6.92 Å². The van der Waals surface area contributed by atoms with E-state index in [1.807, 2.05) is 24.3 Å². The molecule has 3 heteroatoms. The van der Waals surface area contributed by atoms with Gasteiger partial charge in [-0.05, 0) is 31.9 Å². The van der Waals surface area contributed by atoms with Crippen molar-refractivity contribution in [2.75, 3.05) is 18.4 Å². The summed E-state index contributed by atoms with van der Waals surface area (Å²) in [7, 11) is 0. The highest BCUT2D eigenvalue weighted by atomic mass is 16.3. The lowest BCUT2D eigenvalue weighted by Crippen LogP contribution is -2.38. The van der Waals surface area contributed by atoms with Crippen molar-refractivity contribution in [3.05, 3.63) is 29.8 Å². The number of nitrogens with zero attached hydrogens (tertiary/aromatic N) is 1. The molecule has 2 rings (SSSR count). The van der Waals surface area contributed by atoms with Gasteiger partial charge in [0.1, 0.15) is 0 Å². The highest BCUT2D eigenvalue weighted by molar-refractivity contribution is 5.44. The van der Waals surface area contributed by atoms with E-state index in [0.29, 0.717) is 0 Å². The van der Waals surface area contributed by atoms with Crippen molar-refractivity contribution in [3.63, 3.8) is 0 Å². The van der Waals surface area contributed by atoms with E-state index in [9.17, 15) is 5.11 Å². The highest BCUT2D eigenvalue weighted by Gasteiger charge is 2.18. The number of benzene rings is 1. The number of hydrogen-bond acceptors (Lipinski definition) is 3. The Bertz CT molecular complexity index is 304. The third-order valence-corrected chi connectivity index (χ3v) is 2.83. The summed E-state index contributed by atoms with van der Waals surface area (Å²) in [5, 5.41) is 13.0. The van der Waals surface area contributed by atoms with Crippen LogP contribution >= 0.6 is 0 Å². The fourth-order valence-corrected chi connectivity index (χ4v) is 1.88. The molecule has 3 nitrogen and oxygen atoms in total. The molecule has 1 aromatic carbocycles. The number of likely N-dealkylation sites (tertiary alicyclic amines) is 1. The smallest absolute Gasteiger partial charge is 0.184 e. The Morgan fingerprint density at radius 2 is 1.80 bits per heavy atom. The van der Waals surface area contributed by atoms with Crippen molar-refractivity contribution in [1.29, 1.82) is 0 Å². The van der Waals surface area contributed by atoms with Gasteiger partial charge in [-0.2, -0.15) is 0 Å². The van der Waals surface area contributed by atoms with Crippen LogP contribution in [-0.4, -0.2) is 29.4 Å². The molecule has 2 N–H and O–H groups in total. The summed E-state index contributed by atoms with van der Waals surface area (Å²) in [5.74, 6) is 0. The maximum atomic E-state index is 9.89. The van der Waals surface area contributed by atoms with Crippen LogP contribution in [0.25, 0.3) is 0 Å². The molecule has 82 valence electrons. The Balaban J connectivity index is 1.92. The first-order valence-corrected chi connectivity index (χ1v) is 5.51. The van der Waals surface area contributed by atoms with Crippen molar-refractivity contribution in [2.45, 2.75) is 26.1 Å². The number of aliphatic hydroxyl groups excluding tert-OH is 1. The van der Waals surface area contributed by atoms with Crippen LogP contribution in [0.4, 0.5) is 5.69 Å². The molecule has 1 aliphatic heterocycles. The van der Waals surface area contributed by atoms with E-state index in [1.165, 1.54) is 18.4 Å². The zero-order valence-electron chi connectivity index (χ0n) is 9.11. The van der Waals surface area contributed by atoms with Crippen LogP contribution in [0.3, 0.4) is 0 Å². The van der Waals surface area contributed by atoms with E-state index in [-0.39, 0.29) is 0 Å². The average Bonchev–Trinajstić information content (AvgIpc) is 2.74. The van der Waals surface area contributed by atoms with Crippen LogP contribution in [0.5, 0.6) is 0 Å². The van der Waals surface area contributed by atoms with E-state index in [1.54, 1.807) is 0 Å². The van der Waals surface area contributed by atoms with Gasteiger partial charge in [0.25, 0.3) is 0 Å². The minimum atomic E-state index is -0.546. The highest BCUT2D eigenvalue weighted by Crippen LogP contribution is 2.14. The number of rotatable bonds is 3. The number of aryl methyl sites for hydroxylation is 1. The minimum absolute atomic E-state index is 0.546. The quantitative estimate of drug-likeness (QED) is 0.740. The third-order valence-electron chi connectivity index (χ3n) is 2.83. The van der Waals surface area contributed by atoms with Gasteiger partial charge in [0.2, 0.25) is 0 Å². The molecule has 1 heterocycles. The summed E-state index contributed by atoms with van der Waals surface area (Å²) in [4.78, 5) is 2.06. The summed E-state index contributed by atoms with van der Waals surface area (Å²) in [6, 6.07) is 8.07. The number of anilines is 1. The molecule has 1 aliphatic rings. The van der Waals surface area contributed by atoms with E-state index in [0.717, 1.165) is 18.8 Å². The van der Waals surface area contributed by atoms with Gasteiger partial charge in [-0.3, -0.25) is 4.90 Å². The normalized spacial score (nSPS) is 19.1. The first-order valence-electron chi connectivity index (χ1n) is 5.51. The van der Waals surface area contributed by atoms with Crippen LogP contribution in [0.1, 0.15) is 18.4 Å². The van der Waals surface area contributed by atoms with Gasteiger partial charge < -0.3 is 10.4 Å². The molecule has 0 spiro atoms. The standard InChI is InChI=1S/C12H18N2O/c1-10-4-6-11(7-5-10)13-12(15)14-8-2-3-9-14/h4-7,12-13,15H,2-3,8-9H2,1H3. The topological polar surface area (TPSA) is 35.5 Å². The number of nitrogens with one attached hydrogen (secondary N) is 1. The molecule has 15 heavy (non-hydrogen) atoms. The van der Waals surface area contributed by atoms with E-state index in [2.05, 4.69) is 17.1 Å². The molecule has 1 saturated heterocycles. The van der Waals surface area contributed by atoms with Crippen molar-refractivity contribution in [3.8, 4) is 0 Å². The largest absolute Gasteiger partial charge is 0.361 e. The van der Waals surface area contributed by atoms with Gasteiger partial charge in [0.15, 0.2) is 6.35 Å². The molecular formula is C12H18N2O. The molecule has 1 atom stereocenters. The van der Waals surface area contributed by atoms with E-state index in [4.69, 9.17) is 0 Å². The van der Waals surface area contributed by atoms with Gasteiger partial charge >= 0.3 is 0 Å². The fourth-order valence-electron chi connectivity index (χ4n) is 1.88. The fraction of sp³-hybridized carbons (Fsp3) is 0.500. The first kappa shape index (κ1) is 10.5. The second-order valence-corrected chi connectivity index (χ2v) is 4.13. The van der Waals surface area contributed by atoms with Gasteiger partial charge in [-0.1, -0.05) is 17.7 Å². The van der Waals surface area contributed by atoms with E-state index < -0.39 is 6.35 Å². The monoisotopic (exact) mass is 206 g/mol. The van der Waals surface area contributed by atoms with Crippen molar-refractivity contribution < 1.29 is 5.11 Å². The molecule has 0 bridgehead atoms. The van der Waals surface area contributed by atoms with Gasteiger partial charge in [0, 0.05) is 18.8 Å². The molecule has 0 aromatic heterocycles. The lowest BCUT2D eigenvalue weighted by molar-refractivity contribution is 0.0447. The maximum Gasteiger partial charge on any atom is 0.184 e. The number of aliphatic hydroxyl groups is 1. The first-order chi connectivity index (χ1) is 7.25. The van der Waals surface area contributed by atoms with E-state index >= 15 is 0 Å². The molecule has 1 fully saturated rings. The molecule has 1 aromatic rings. The molecule has 0 amide bonds. The zero-order valence-corrected chi connectivity index (χ0v) is 9.11.